The first-order valence-corrected chi connectivity index (χ1v) is 13.2. The molecule has 8 heteroatoms. The molecule has 0 radical (unpaired) electrons. The lowest BCUT2D eigenvalue weighted by atomic mass is 9.78. The molecule has 1 saturated carbocycles. The molecule has 2 aliphatic heterocycles. The highest BCUT2D eigenvalue weighted by atomic mass is 35.5. The van der Waals surface area contributed by atoms with Crippen LogP contribution in [0.1, 0.15) is 49.9 Å². The fourth-order valence-electron chi connectivity index (χ4n) is 5.94. The van der Waals surface area contributed by atoms with Crippen molar-refractivity contribution in [3.05, 3.63) is 34.5 Å². The summed E-state index contributed by atoms with van der Waals surface area (Å²) in [5.74, 6) is 0.381. The van der Waals surface area contributed by atoms with Crippen LogP contribution in [0.3, 0.4) is 0 Å². The molecule has 0 spiro atoms. The standard InChI is InChI=1S/C26H36ClN3O4/c1-2-33-26(31)30-10-9-21-22-17-19(27)5-8-23(22)28-24(21)25(30)18-3-6-20(7-4-18)34-16-13-29-11-14-32-15-12-29/h5,8,17-18,20,25,28H,2-4,6-7,9-16H2,1H3. The van der Waals surface area contributed by atoms with Gasteiger partial charge in [-0.1, -0.05) is 11.6 Å². The van der Waals surface area contributed by atoms with E-state index in [0.717, 1.165) is 87.8 Å². The Balaban J connectivity index is 1.27. The number of nitrogens with zero attached hydrogens (tertiary/aromatic N) is 2. The Kier molecular flexibility index (Phi) is 7.64. The highest BCUT2D eigenvalue weighted by Gasteiger charge is 2.40. The zero-order valence-corrected chi connectivity index (χ0v) is 20.8. The summed E-state index contributed by atoms with van der Waals surface area (Å²) in [6.45, 7) is 8.33. The molecule has 2 fully saturated rings. The van der Waals surface area contributed by atoms with Crippen LogP contribution in [-0.4, -0.2) is 79.6 Å². The lowest BCUT2D eigenvalue weighted by Crippen LogP contribution is -2.44. The van der Waals surface area contributed by atoms with E-state index in [4.69, 9.17) is 25.8 Å². The Morgan fingerprint density at radius 3 is 2.74 bits per heavy atom. The Bertz CT molecular complexity index is 982. The normalized spacial score (nSPS) is 25.9. The van der Waals surface area contributed by atoms with Gasteiger partial charge in [-0.15, -0.1) is 0 Å². The molecule has 1 unspecified atom stereocenters. The van der Waals surface area contributed by atoms with Crippen LogP contribution in [0.4, 0.5) is 4.79 Å². The number of aromatic amines is 1. The SMILES string of the molecule is CCOC(=O)N1CCc2c([nH]c3ccc(Cl)cc23)C1C1CCC(OCCN2CCOCC2)CC1. The molecule has 3 aliphatic rings. The molecule has 5 rings (SSSR count). The van der Waals surface area contributed by atoms with Crippen molar-refractivity contribution in [1.82, 2.24) is 14.8 Å². The van der Waals surface area contributed by atoms with Gasteiger partial charge in [0.1, 0.15) is 0 Å². The Labute approximate surface area is 206 Å². The number of ether oxygens (including phenoxy) is 3. The van der Waals surface area contributed by atoms with Crippen molar-refractivity contribution in [2.24, 2.45) is 5.92 Å². The summed E-state index contributed by atoms with van der Waals surface area (Å²) in [7, 11) is 0. The van der Waals surface area contributed by atoms with E-state index in [2.05, 4.69) is 9.88 Å². The third-order valence-corrected chi connectivity index (χ3v) is 7.90. The van der Waals surface area contributed by atoms with E-state index in [1.807, 2.05) is 30.0 Å². The molecular weight excluding hydrogens is 454 g/mol. The number of amides is 1. The van der Waals surface area contributed by atoms with Gasteiger partial charge in [-0.25, -0.2) is 4.79 Å². The number of aromatic nitrogens is 1. The number of halogens is 1. The van der Waals surface area contributed by atoms with Gasteiger partial charge in [0.15, 0.2) is 0 Å². The van der Waals surface area contributed by atoms with E-state index in [9.17, 15) is 4.79 Å². The molecule has 1 aliphatic carbocycles. The van der Waals surface area contributed by atoms with Gasteiger partial charge in [-0.2, -0.15) is 0 Å². The summed E-state index contributed by atoms with van der Waals surface area (Å²) in [4.78, 5) is 20.9. The van der Waals surface area contributed by atoms with Crippen molar-refractivity contribution in [1.29, 1.82) is 0 Å². The summed E-state index contributed by atoms with van der Waals surface area (Å²) in [6, 6.07) is 6.01. The number of carbonyl (C=O) groups is 1. The number of morpholine rings is 1. The zero-order valence-electron chi connectivity index (χ0n) is 20.1. The van der Waals surface area contributed by atoms with Crippen LogP contribution in [0, 0.1) is 5.92 Å². The van der Waals surface area contributed by atoms with Gasteiger partial charge in [-0.05, 0) is 68.7 Å². The lowest BCUT2D eigenvalue weighted by Gasteiger charge is -2.42. The molecule has 1 aromatic heterocycles. The first kappa shape index (κ1) is 23.9. The highest BCUT2D eigenvalue weighted by molar-refractivity contribution is 6.31. The van der Waals surface area contributed by atoms with E-state index in [-0.39, 0.29) is 12.1 Å². The number of hydrogen-bond donors (Lipinski definition) is 1. The smallest absolute Gasteiger partial charge is 0.410 e. The van der Waals surface area contributed by atoms with Crippen LogP contribution in [0.5, 0.6) is 0 Å². The molecule has 1 N–H and O–H groups in total. The predicted molar refractivity (Wildman–Crippen MR) is 132 cm³/mol. The Morgan fingerprint density at radius 2 is 1.97 bits per heavy atom. The van der Waals surface area contributed by atoms with Crippen molar-refractivity contribution >= 4 is 28.6 Å². The van der Waals surface area contributed by atoms with Crippen molar-refractivity contribution in [2.75, 3.05) is 52.6 Å². The Hall–Kier alpha value is -1.80. The minimum absolute atomic E-state index is 0.00303. The van der Waals surface area contributed by atoms with E-state index >= 15 is 0 Å². The summed E-state index contributed by atoms with van der Waals surface area (Å²) in [6.07, 6.45) is 5.04. The molecule has 1 saturated heterocycles. The van der Waals surface area contributed by atoms with E-state index < -0.39 is 0 Å². The van der Waals surface area contributed by atoms with Crippen molar-refractivity contribution in [3.63, 3.8) is 0 Å². The van der Waals surface area contributed by atoms with E-state index in [1.54, 1.807) is 0 Å². The van der Waals surface area contributed by atoms with E-state index in [1.165, 1.54) is 10.9 Å². The minimum Gasteiger partial charge on any atom is -0.450 e. The fraction of sp³-hybridized carbons (Fsp3) is 0.654. The molecule has 3 heterocycles. The second-order valence-electron chi connectivity index (χ2n) is 9.66. The third-order valence-electron chi connectivity index (χ3n) is 7.67. The molecule has 0 bridgehead atoms. The van der Waals surface area contributed by atoms with Gasteiger partial charge in [0, 0.05) is 47.8 Å². The Morgan fingerprint density at radius 1 is 1.18 bits per heavy atom. The lowest BCUT2D eigenvalue weighted by molar-refractivity contribution is -0.0206. The van der Waals surface area contributed by atoms with Gasteiger partial charge in [0.05, 0.1) is 38.6 Å². The number of benzene rings is 1. The quantitative estimate of drug-likeness (QED) is 0.632. The van der Waals surface area contributed by atoms with Crippen molar-refractivity contribution in [2.45, 2.75) is 51.2 Å². The average molecular weight is 490 g/mol. The summed E-state index contributed by atoms with van der Waals surface area (Å²) in [5, 5.41) is 1.92. The number of rotatable bonds is 6. The number of fused-ring (bicyclic) bond motifs is 3. The topological polar surface area (TPSA) is 67.0 Å². The number of nitrogens with one attached hydrogen (secondary N) is 1. The molecule has 1 atom stereocenters. The van der Waals surface area contributed by atoms with Gasteiger partial charge in [0.2, 0.25) is 0 Å². The minimum atomic E-state index is -0.210. The van der Waals surface area contributed by atoms with E-state index in [0.29, 0.717) is 25.2 Å². The van der Waals surface area contributed by atoms with Crippen LogP contribution in [0.2, 0.25) is 5.02 Å². The maximum absolute atomic E-state index is 12.9. The second-order valence-corrected chi connectivity index (χ2v) is 10.1. The monoisotopic (exact) mass is 489 g/mol. The van der Waals surface area contributed by atoms with Gasteiger partial charge >= 0.3 is 6.09 Å². The molecule has 34 heavy (non-hydrogen) atoms. The molecular formula is C26H36ClN3O4. The van der Waals surface area contributed by atoms with Crippen molar-refractivity contribution < 1.29 is 19.0 Å². The average Bonchev–Trinajstić information content (AvgIpc) is 3.22. The van der Waals surface area contributed by atoms with Crippen LogP contribution in [0.25, 0.3) is 10.9 Å². The first-order valence-electron chi connectivity index (χ1n) is 12.8. The van der Waals surface area contributed by atoms with Crippen LogP contribution >= 0.6 is 11.6 Å². The molecule has 1 aromatic carbocycles. The summed E-state index contributed by atoms with van der Waals surface area (Å²) >= 11 is 6.31. The summed E-state index contributed by atoms with van der Waals surface area (Å²) in [5.41, 5.74) is 3.55. The highest BCUT2D eigenvalue weighted by Crippen LogP contribution is 2.44. The number of hydrogen-bond acceptors (Lipinski definition) is 5. The fourth-order valence-corrected chi connectivity index (χ4v) is 6.11. The second kappa shape index (κ2) is 10.9. The largest absolute Gasteiger partial charge is 0.450 e. The van der Waals surface area contributed by atoms with Crippen molar-refractivity contribution in [3.8, 4) is 0 Å². The van der Waals surface area contributed by atoms with Gasteiger partial charge in [-0.3, -0.25) is 9.80 Å². The maximum Gasteiger partial charge on any atom is 0.410 e. The summed E-state index contributed by atoms with van der Waals surface area (Å²) < 4.78 is 17.1. The molecule has 7 nitrogen and oxygen atoms in total. The van der Waals surface area contributed by atoms with Crippen LogP contribution in [0.15, 0.2) is 18.2 Å². The predicted octanol–water partition coefficient (Wildman–Crippen LogP) is 4.78. The molecule has 2 aromatic rings. The van der Waals surface area contributed by atoms with Crippen LogP contribution < -0.4 is 0 Å². The number of H-pyrrole nitrogens is 1. The van der Waals surface area contributed by atoms with Crippen LogP contribution in [-0.2, 0) is 20.6 Å². The van der Waals surface area contributed by atoms with Gasteiger partial charge in [0.25, 0.3) is 0 Å². The van der Waals surface area contributed by atoms with Gasteiger partial charge < -0.3 is 19.2 Å². The maximum atomic E-state index is 12.9. The zero-order chi connectivity index (χ0) is 23.5. The first-order chi connectivity index (χ1) is 16.6. The molecule has 1 amide bonds. The number of carbonyl (C=O) groups excluding carboxylic acids is 1. The molecule has 186 valence electrons. The third kappa shape index (κ3) is 5.08.